The first kappa shape index (κ1) is 19.7. The lowest BCUT2D eigenvalue weighted by Crippen LogP contribution is -2.38. The normalized spacial score (nSPS) is 12.5. The highest BCUT2D eigenvalue weighted by molar-refractivity contribution is 5.80. The maximum absolute atomic E-state index is 5.67. The molecule has 0 saturated carbocycles. The Morgan fingerprint density at radius 1 is 1.15 bits per heavy atom. The van der Waals surface area contributed by atoms with E-state index < -0.39 is 0 Å². The Balaban J connectivity index is 2.04. The van der Waals surface area contributed by atoms with Gasteiger partial charge >= 0.3 is 0 Å². The van der Waals surface area contributed by atoms with Gasteiger partial charge < -0.3 is 20.1 Å². The van der Waals surface area contributed by atoms with Gasteiger partial charge in [-0.1, -0.05) is 36.4 Å². The van der Waals surface area contributed by atoms with Crippen LogP contribution in [-0.4, -0.2) is 37.8 Å². The molecule has 0 aliphatic heterocycles. The third kappa shape index (κ3) is 6.37. The molecule has 0 radical (unpaired) electrons. The predicted molar refractivity (Wildman–Crippen MR) is 104 cm³/mol. The summed E-state index contributed by atoms with van der Waals surface area (Å²) in [5, 5.41) is 6.72. The molecule has 0 aliphatic carbocycles. The van der Waals surface area contributed by atoms with Crippen LogP contribution in [0.2, 0.25) is 0 Å². The molecule has 1 aromatic carbocycles. The molecule has 26 heavy (non-hydrogen) atoms. The number of aliphatic imine (C=N–C) groups is 1. The lowest BCUT2D eigenvalue weighted by atomic mass is 10.1. The fourth-order valence-electron chi connectivity index (χ4n) is 2.41. The van der Waals surface area contributed by atoms with Crippen molar-refractivity contribution in [2.75, 3.05) is 26.9 Å². The van der Waals surface area contributed by atoms with Gasteiger partial charge in [-0.05, 0) is 25.5 Å². The standard InChI is InChI=1S/C20H28N4O2/c1-4-21-20(24-16(2)17-9-6-5-7-10-17)23-15-18-11-8-12-22-19(18)26-14-13-25-3/h5-12,16H,4,13-15H2,1-3H3,(H2,21,23,24). The number of hydrogen-bond donors (Lipinski definition) is 2. The quantitative estimate of drug-likeness (QED) is 0.411. The summed E-state index contributed by atoms with van der Waals surface area (Å²) in [5.74, 6) is 1.36. The van der Waals surface area contributed by atoms with Gasteiger partial charge in [0, 0.05) is 25.4 Å². The summed E-state index contributed by atoms with van der Waals surface area (Å²) in [7, 11) is 1.65. The van der Waals surface area contributed by atoms with Gasteiger partial charge in [0.1, 0.15) is 6.61 Å². The molecule has 6 heteroatoms. The van der Waals surface area contributed by atoms with Crippen molar-refractivity contribution in [3.8, 4) is 5.88 Å². The second kappa shape index (κ2) is 11.1. The highest BCUT2D eigenvalue weighted by Gasteiger charge is 2.08. The average Bonchev–Trinajstić information content (AvgIpc) is 2.68. The van der Waals surface area contributed by atoms with Crippen LogP contribution in [0.15, 0.2) is 53.7 Å². The van der Waals surface area contributed by atoms with Crippen LogP contribution in [0.4, 0.5) is 0 Å². The number of benzene rings is 1. The maximum atomic E-state index is 5.67. The van der Waals surface area contributed by atoms with Crippen LogP contribution in [0.25, 0.3) is 0 Å². The molecule has 2 aromatic rings. The Morgan fingerprint density at radius 2 is 1.96 bits per heavy atom. The van der Waals surface area contributed by atoms with E-state index in [-0.39, 0.29) is 6.04 Å². The number of ether oxygens (including phenoxy) is 2. The van der Waals surface area contributed by atoms with E-state index in [0.717, 1.165) is 18.1 Å². The molecule has 0 bridgehead atoms. The van der Waals surface area contributed by atoms with Gasteiger partial charge in [0.2, 0.25) is 5.88 Å². The molecule has 2 rings (SSSR count). The number of methoxy groups -OCH3 is 1. The fraction of sp³-hybridized carbons (Fsp3) is 0.400. The van der Waals surface area contributed by atoms with E-state index in [1.165, 1.54) is 5.56 Å². The molecule has 2 N–H and O–H groups in total. The average molecular weight is 356 g/mol. The highest BCUT2D eigenvalue weighted by Crippen LogP contribution is 2.16. The van der Waals surface area contributed by atoms with E-state index in [0.29, 0.717) is 25.6 Å². The minimum absolute atomic E-state index is 0.153. The van der Waals surface area contributed by atoms with Crippen LogP contribution in [0.1, 0.15) is 31.0 Å². The van der Waals surface area contributed by atoms with Crippen LogP contribution in [-0.2, 0) is 11.3 Å². The predicted octanol–water partition coefficient (Wildman–Crippen LogP) is 2.92. The number of rotatable bonds is 9. The van der Waals surface area contributed by atoms with E-state index in [1.54, 1.807) is 13.3 Å². The van der Waals surface area contributed by atoms with Crippen molar-refractivity contribution in [1.29, 1.82) is 0 Å². The minimum Gasteiger partial charge on any atom is -0.475 e. The summed E-state index contributed by atoms with van der Waals surface area (Å²) in [6, 6.07) is 14.3. The van der Waals surface area contributed by atoms with Crippen LogP contribution < -0.4 is 15.4 Å². The number of guanidine groups is 1. The Labute approximate surface area is 155 Å². The maximum Gasteiger partial charge on any atom is 0.218 e. The van der Waals surface area contributed by atoms with Gasteiger partial charge in [0.05, 0.1) is 19.2 Å². The van der Waals surface area contributed by atoms with Gasteiger partial charge in [0.15, 0.2) is 5.96 Å². The second-order valence-electron chi connectivity index (χ2n) is 5.78. The second-order valence-corrected chi connectivity index (χ2v) is 5.78. The van der Waals surface area contributed by atoms with E-state index in [4.69, 9.17) is 9.47 Å². The van der Waals surface area contributed by atoms with Crippen molar-refractivity contribution < 1.29 is 9.47 Å². The largest absolute Gasteiger partial charge is 0.475 e. The third-order valence-electron chi connectivity index (χ3n) is 3.78. The fourth-order valence-corrected chi connectivity index (χ4v) is 2.41. The SMILES string of the molecule is CCNC(=NCc1cccnc1OCCOC)NC(C)c1ccccc1. The van der Waals surface area contributed by atoms with Gasteiger partial charge in [0.25, 0.3) is 0 Å². The summed E-state index contributed by atoms with van der Waals surface area (Å²) in [5.41, 5.74) is 2.15. The molecule has 1 atom stereocenters. The zero-order chi connectivity index (χ0) is 18.6. The first-order valence-electron chi connectivity index (χ1n) is 8.90. The number of hydrogen-bond acceptors (Lipinski definition) is 4. The van der Waals surface area contributed by atoms with Gasteiger partial charge in [-0.3, -0.25) is 0 Å². The lowest BCUT2D eigenvalue weighted by molar-refractivity contribution is 0.143. The summed E-state index contributed by atoms with van der Waals surface area (Å²) in [6.07, 6.45) is 1.72. The first-order chi connectivity index (χ1) is 12.7. The van der Waals surface area contributed by atoms with Crippen molar-refractivity contribution in [2.45, 2.75) is 26.4 Å². The van der Waals surface area contributed by atoms with Crippen molar-refractivity contribution in [1.82, 2.24) is 15.6 Å². The molecule has 1 heterocycles. The monoisotopic (exact) mass is 356 g/mol. The molecule has 0 amide bonds. The highest BCUT2D eigenvalue weighted by atomic mass is 16.5. The van der Waals surface area contributed by atoms with E-state index >= 15 is 0 Å². The molecule has 140 valence electrons. The van der Waals surface area contributed by atoms with Gasteiger partial charge in [-0.25, -0.2) is 9.98 Å². The van der Waals surface area contributed by atoms with E-state index in [1.807, 2.05) is 37.3 Å². The summed E-state index contributed by atoms with van der Waals surface area (Å²) >= 11 is 0. The van der Waals surface area contributed by atoms with E-state index in [2.05, 4.69) is 39.7 Å². The van der Waals surface area contributed by atoms with Gasteiger partial charge in [-0.15, -0.1) is 0 Å². The molecule has 0 fully saturated rings. The Kier molecular flexibility index (Phi) is 8.42. The number of nitrogens with zero attached hydrogens (tertiary/aromatic N) is 2. The molecule has 6 nitrogen and oxygen atoms in total. The van der Waals surface area contributed by atoms with Crippen molar-refractivity contribution in [3.05, 3.63) is 59.8 Å². The lowest BCUT2D eigenvalue weighted by Gasteiger charge is -2.18. The number of nitrogens with one attached hydrogen (secondary N) is 2. The topological polar surface area (TPSA) is 67.8 Å². The van der Waals surface area contributed by atoms with Crippen molar-refractivity contribution >= 4 is 5.96 Å². The molecular weight excluding hydrogens is 328 g/mol. The summed E-state index contributed by atoms with van der Waals surface area (Å²) in [4.78, 5) is 8.98. The third-order valence-corrected chi connectivity index (χ3v) is 3.78. The van der Waals surface area contributed by atoms with Crippen LogP contribution in [0, 0.1) is 0 Å². The zero-order valence-electron chi connectivity index (χ0n) is 15.7. The Morgan fingerprint density at radius 3 is 2.69 bits per heavy atom. The summed E-state index contributed by atoms with van der Waals surface area (Å²) in [6.45, 7) is 6.43. The van der Waals surface area contributed by atoms with Crippen LogP contribution in [0.3, 0.4) is 0 Å². The van der Waals surface area contributed by atoms with Crippen LogP contribution >= 0.6 is 0 Å². The molecular formula is C20H28N4O2. The van der Waals surface area contributed by atoms with Gasteiger partial charge in [-0.2, -0.15) is 0 Å². The van der Waals surface area contributed by atoms with E-state index in [9.17, 15) is 0 Å². The molecule has 0 spiro atoms. The first-order valence-corrected chi connectivity index (χ1v) is 8.90. The molecule has 1 aromatic heterocycles. The number of pyridine rings is 1. The zero-order valence-corrected chi connectivity index (χ0v) is 15.7. The Bertz CT molecular complexity index is 677. The molecule has 0 aliphatic rings. The smallest absolute Gasteiger partial charge is 0.218 e. The Hall–Kier alpha value is -2.60. The number of aromatic nitrogens is 1. The van der Waals surface area contributed by atoms with Crippen molar-refractivity contribution in [3.63, 3.8) is 0 Å². The summed E-state index contributed by atoms with van der Waals surface area (Å²) < 4.78 is 10.7. The minimum atomic E-state index is 0.153. The van der Waals surface area contributed by atoms with Crippen molar-refractivity contribution in [2.24, 2.45) is 4.99 Å². The molecule has 0 saturated heterocycles. The van der Waals surface area contributed by atoms with Crippen LogP contribution in [0.5, 0.6) is 5.88 Å². The molecule has 1 unspecified atom stereocenters.